The molecule has 0 aliphatic carbocycles. The summed E-state index contributed by atoms with van der Waals surface area (Å²) >= 11 is 0. The molecule has 82 valence electrons. The number of carbonyl (C=O) groups is 1. The Hall–Kier alpha value is -0.610. The molecule has 1 saturated heterocycles. The lowest BCUT2D eigenvalue weighted by Gasteiger charge is -2.41. The van der Waals surface area contributed by atoms with Gasteiger partial charge in [-0.05, 0) is 39.2 Å². The van der Waals surface area contributed by atoms with Crippen molar-refractivity contribution >= 4 is 5.91 Å². The summed E-state index contributed by atoms with van der Waals surface area (Å²) in [5.74, 6) is 5.74. The molecule has 1 amide bonds. The summed E-state index contributed by atoms with van der Waals surface area (Å²) in [5.41, 5.74) is 1.75. The molecule has 0 unspecified atom stereocenters. The monoisotopic (exact) mass is 199 g/mol. The summed E-state index contributed by atoms with van der Waals surface area (Å²) in [6.45, 7) is 8.05. The van der Waals surface area contributed by atoms with E-state index in [2.05, 4.69) is 17.2 Å². The highest BCUT2D eigenvalue weighted by Crippen LogP contribution is 2.23. The maximum Gasteiger partial charge on any atom is 0.253 e. The first kappa shape index (κ1) is 11.5. The number of likely N-dealkylation sites (tertiary alicyclic amines) is 1. The zero-order chi connectivity index (χ0) is 10.8. The van der Waals surface area contributed by atoms with Gasteiger partial charge in [-0.25, -0.2) is 5.84 Å². The molecule has 3 N–H and O–H groups in total. The third-order valence-electron chi connectivity index (χ3n) is 3.13. The molecule has 0 bridgehead atoms. The summed E-state index contributed by atoms with van der Waals surface area (Å²) in [7, 11) is 0. The highest BCUT2D eigenvalue weighted by Gasteiger charge is 2.35. The fourth-order valence-electron chi connectivity index (χ4n) is 2.02. The summed E-state index contributed by atoms with van der Waals surface area (Å²) in [5, 5.41) is 0. The lowest BCUT2D eigenvalue weighted by atomic mass is 9.93. The Balaban J connectivity index is 2.66. The molecule has 0 spiro atoms. The highest BCUT2D eigenvalue weighted by atomic mass is 16.2. The van der Waals surface area contributed by atoms with E-state index in [1.807, 2.05) is 13.8 Å². The van der Waals surface area contributed by atoms with E-state index >= 15 is 0 Å². The van der Waals surface area contributed by atoms with Crippen LogP contribution in [0.3, 0.4) is 0 Å². The van der Waals surface area contributed by atoms with Gasteiger partial charge in [0, 0.05) is 6.54 Å². The summed E-state index contributed by atoms with van der Waals surface area (Å²) in [4.78, 5) is 13.8. The summed E-state index contributed by atoms with van der Waals surface area (Å²) in [6, 6.07) is 0. The molecule has 0 radical (unpaired) electrons. The molecule has 1 aliphatic rings. The normalized spacial score (nSPS) is 24.7. The number of piperidine rings is 1. The highest BCUT2D eigenvalue weighted by molar-refractivity contribution is 5.84. The van der Waals surface area contributed by atoms with E-state index in [0.29, 0.717) is 5.92 Å². The molecule has 1 fully saturated rings. The number of hydrogen-bond acceptors (Lipinski definition) is 3. The third-order valence-corrected chi connectivity index (χ3v) is 3.13. The van der Waals surface area contributed by atoms with Gasteiger partial charge in [-0.1, -0.05) is 6.92 Å². The van der Waals surface area contributed by atoms with Crippen molar-refractivity contribution in [1.29, 1.82) is 0 Å². The molecule has 1 rings (SSSR count). The number of amides is 1. The Morgan fingerprint density at radius 1 is 1.57 bits per heavy atom. The van der Waals surface area contributed by atoms with Gasteiger partial charge in [-0.15, -0.1) is 0 Å². The van der Waals surface area contributed by atoms with E-state index in [1.165, 1.54) is 12.8 Å². The van der Waals surface area contributed by atoms with Crippen molar-refractivity contribution in [1.82, 2.24) is 10.3 Å². The minimum Gasteiger partial charge on any atom is -0.293 e. The summed E-state index contributed by atoms with van der Waals surface area (Å²) < 4.78 is 0. The van der Waals surface area contributed by atoms with Gasteiger partial charge in [0.1, 0.15) is 0 Å². The number of carbonyl (C=O) groups excluding carboxylic acids is 1. The molecular weight excluding hydrogens is 178 g/mol. The zero-order valence-electron chi connectivity index (χ0n) is 9.34. The van der Waals surface area contributed by atoms with Gasteiger partial charge in [0.25, 0.3) is 5.91 Å². The number of rotatable bonds is 2. The lowest BCUT2D eigenvalue weighted by Crippen LogP contribution is -2.58. The maximum absolute atomic E-state index is 11.6. The third kappa shape index (κ3) is 2.25. The number of nitrogens with two attached hydrogens (primary N) is 1. The van der Waals surface area contributed by atoms with Crippen LogP contribution in [-0.2, 0) is 4.79 Å². The first-order chi connectivity index (χ1) is 6.48. The van der Waals surface area contributed by atoms with Crippen LogP contribution >= 0.6 is 0 Å². The fraction of sp³-hybridized carbons (Fsp3) is 0.900. The Bertz CT molecular complexity index is 215. The molecule has 4 nitrogen and oxygen atoms in total. The minimum absolute atomic E-state index is 0.105. The molecule has 4 heteroatoms. The van der Waals surface area contributed by atoms with Gasteiger partial charge in [-0.2, -0.15) is 0 Å². The van der Waals surface area contributed by atoms with E-state index in [0.717, 1.165) is 13.1 Å². The number of nitrogens with zero attached hydrogens (tertiary/aromatic N) is 1. The molecule has 0 saturated carbocycles. The van der Waals surface area contributed by atoms with Gasteiger partial charge < -0.3 is 0 Å². The molecule has 1 aliphatic heterocycles. The fourth-order valence-corrected chi connectivity index (χ4v) is 2.02. The van der Waals surface area contributed by atoms with Crippen LogP contribution in [0.15, 0.2) is 0 Å². The van der Waals surface area contributed by atoms with Crippen LogP contribution in [0.5, 0.6) is 0 Å². The standard InChI is InChI=1S/C10H21N3O/c1-8-5-4-6-13(7-8)10(2,3)9(14)12-11/h8H,4-7,11H2,1-3H3,(H,12,14)/t8-/m0/s1. The Labute approximate surface area is 85.8 Å². The quantitative estimate of drug-likeness (QED) is 0.386. The average Bonchev–Trinajstić information content (AvgIpc) is 2.16. The van der Waals surface area contributed by atoms with Crippen LogP contribution in [0.25, 0.3) is 0 Å². The van der Waals surface area contributed by atoms with Gasteiger partial charge >= 0.3 is 0 Å². The lowest BCUT2D eigenvalue weighted by molar-refractivity contribution is -0.132. The molecule has 14 heavy (non-hydrogen) atoms. The van der Waals surface area contributed by atoms with Crippen molar-refractivity contribution in [3.05, 3.63) is 0 Å². The van der Waals surface area contributed by atoms with Crippen LogP contribution in [-0.4, -0.2) is 29.4 Å². The average molecular weight is 199 g/mol. The Kier molecular flexibility index (Phi) is 3.50. The molecule has 0 aromatic carbocycles. The summed E-state index contributed by atoms with van der Waals surface area (Å²) in [6.07, 6.45) is 2.43. The van der Waals surface area contributed by atoms with Gasteiger partial charge in [0.15, 0.2) is 0 Å². The minimum atomic E-state index is -0.483. The van der Waals surface area contributed by atoms with Crippen molar-refractivity contribution in [2.75, 3.05) is 13.1 Å². The molecule has 1 heterocycles. The topological polar surface area (TPSA) is 58.4 Å². The second-order valence-electron chi connectivity index (χ2n) is 4.73. The van der Waals surface area contributed by atoms with Crippen LogP contribution in [0, 0.1) is 5.92 Å². The van der Waals surface area contributed by atoms with Crippen LogP contribution in [0.4, 0.5) is 0 Å². The number of hydrogen-bond donors (Lipinski definition) is 2. The molecule has 1 atom stereocenters. The van der Waals surface area contributed by atoms with E-state index in [-0.39, 0.29) is 5.91 Å². The first-order valence-electron chi connectivity index (χ1n) is 5.24. The van der Waals surface area contributed by atoms with Crippen LogP contribution in [0.2, 0.25) is 0 Å². The maximum atomic E-state index is 11.6. The van der Waals surface area contributed by atoms with E-state index in [9.17, 15) is 4.79 Å². The van der Waals surface area contributed by atoms with E-state index < -0.39 is 5.54 Å². The van der Waals surface area contributed by atoms with Crippen LogP contribution in [0.1, 0.15) is 33.6 Å². The second kappa shape index (κ2) is 4.28. The number of nitrogens with one attached hydrogen (secondary N) is 1. The Morgan fingerprint density at radius 3 is 2.71 bits per heavy atom. The smallest absolute Gasteiger partial charge is 0.253 e. The van der Waals surface area contributed by atoms with Crippen LogP contribution < -0.4 is 11.3 Å². The van der Waals surface area contributed by atoms with Crippen molar-refractivity contribution in [2.24, 2.45) is 11.8 Å². The van der Waals surface area contributed by atoms with E-state index in [4.69, 9.17) is 5.84 Å². The molecule has 0 aromatic heterocycles. The van der Waals surface area contributed by atoms with Crippen molar-refractivity contribution in [3.8, 4) is 0 Å². The predicted octanol–water partition coefficient (Wildman–Crippen LogP) is 0.487. The Morgan fingerprint density at radius 2 is 2.21 bits per heavy atom. The van der Waals surface area contributed by atoms with Gasteiger partial charge in [0.05, 0.1) is 5.54 Å². The molecular formula is C10H21N3O. The van der Waals surface area contributed by atoms with E-state index in [1.54, 1.807) is 0 Å². The number of hydrazine groups is 1. The van der Waals surface area contributed by atoms with Crippen molar-refractivity contribution in [2.45, 2.75) is 39.2 Å². The second-order valence-corrected chi connectivity index (χ2v) is 4.73. The van der Waals surface area contributed by atoms with Gasteiger partial charge in [-0.3, -0.25) is 15.1 Å². The zero-order valence-corrected chi connectivity index (χ0v) is 9.34. The van der Waals surface area contributed by atoms with Gasteiger partial charge in [0.2, 0.25) is 0 Å². The van der Waals surface area contributed by atoms with Crippen molar-refractivity contribution < 1.29 is 4.79 Å². The largest absolute Gasteiger partial charge is 0.293 e. The predicted molar refractivity (Wildman–Crippen MR) is 56.4 cm³/mol. The SMILES string of the molecule is C[C@H]1CCCN(C(C)(C)C(=O)NN)C1. The molecule has 0 aromatic rings. The van der Waals surface area contributed by atoms with Crippen molar-refractivity contribution in [3.63, 3.8) is 0 Å². The first-order valence-corrected chi connectivity index (χ1v) is 5.24.